The van der Waals surface area contributed by atoms with E-state index in [4.69, 9.17) is 4.74 Å². The van der Waals surface area contributed by atoms with Gasteiger partial charge in [0.15, 0.2) is 17.1 Å². The van der Waals surface area contributed by atoms with E-state index in [0.717, 1.165) is 16.0 Å². The maximum atomic E-state index is 14.4. The van der Waals surface area contributed by atoms with E-state index in [1.165, 1.54) is 7.11 Å². The van der Waals surface area contributed by atoms with Crippen molar-refractivity contribution in [3.05, 3.63) is 59.2 Å². The van der Waals surface area contributed by atoms with Crippen LogP contribution in [0, 0.1) is 5.92 Å². The minimum atomic E-state index is -2.14. The molecule has 11 nitrogen and oxygen atoms in total. The minimum Gasteiger partial charge on any atom is -0.497 e. The van der Waals surface area contributed by atoms with Crippen LogP contribution in [0.2, 0.25) is 0 Å². The molecule has 1 aliphatic carbocycles. The van der Waals surface area contributed by atoms with E-state index < -0.39 is 41.2 Å². The SMILES string of the molecule is CCc1cc(NO)ccc1[C@H]1C(=O)[C@@]2(C(=O)[C@@H]1Cc1cccc(OC)c1)C(NC=O)NCCN2C(=O)O. The Kier molecular flexibility index (Phi) is 7.46. The summed E-state index contributed by atoms with van der Waals surface area (Å²) in [6, 6.07) is 12.1. The second kappa shape index (κ2) is 10.6. The van der Waals surface area contributed by atoms with Crippen LogP contribution in [-0.4, -0.2) is 71.2 Å². The quantitative estimate of drug-likeness (QED) is 0.202. The molecule has 2 fully saturated rings. The van der Waals surface area contributed by atoms with E-state index >= 15 is 0 Å². The highest BCUT2D eigenvalue weighted by atomic mass is 16.5. The second-order valence-corrected chi connectivity index (χ2v) is 9.12. The number of benzene rings is 2. The third-order valence-corrected chi connectivity index (χ3v) is 7.34. The molecule has 1 saturated heterocycles. The van der Waals surface area contributed by atoms with E-state index in [1.807, 2.05) is 13.0 Å². The lowest BCUT2D eigenvalue weighted by Crippen LogP contribution is -2.77. The maximum Gasteiger partial charge on any atom is 0.408 e. The smallest absolute Gasteiger partial charge is 0.408 e. The van der Waals surface area contributed by atoms with Crippen molar-refractivity contribution in [2.24, 2.45) is 5.92 Å². The lowest BCUT2D eigenvalue weighted by molar-refractivity contribution is -0.143. The number of Topliss-reactive ketones (excluding diaryl/α,β-unsaturated/α-hetero) is 2. The molecule has 1 unspecified atom stereocenters. The van der Waals surface area contributed by atoms with Crippen LogP contribution in [0.15, 0.2) is 42.5 Å². The fraction of sp³-hybridized carbons (Fsp3) is 0.385. The topological polar surface area (TPSA) is 157 Å². The van der Waals surface area contributed by atoms with Crippen LogP contribution in [0.1, 0.15) is 29.5 Å². The van der Waals surface area contributed by atoms with Gasteiger partial charge in [-0.1, -0.05) is 25.1 Å². The number of hydrogen-bond acceptors (Lipinski definition) is 8. The zero-order valence-corrected chi connectivity index (χ0v) is 20.6. The molecule has 1 heterocycles. The first kappa shape index (κ1) is 26.1. The van der Waals surface area contributed by atoms with Crippen LogP contribution < -0.4 is 20.9 Å². The highest BCUT2D eigenvalue weighted by molar-refractivity contribution is 6.23. The van der Waals surface area contributed by atoms with Gasteiger partial charge < -0.3 is 15.2 Å². The van der Waals surface area contributed by atoms with Crippen molar-refractivity contribution in [3.63, 3.8) is 0 Å². The summed E-state index contributed by atoms with van der Waals surface area (Å²) in [5, 5.41) is 24.9. The van der Waals surface area contributed by atoms with Crippen molar-refractivity contribution in [2.75, 3.05) is 25.7 Å². The largest absolute Gasteiger partial charge is 0.497 e. The lowest BCUT2D eigenvalue weighted by Gasteiger charge is -2.46. The highest BCUT2D eigenvalue weighted by Crippen LogP contribution is 2.47. The van der Waals surface area contributed by atoms with Gasteiger partial charge in [0, 0.05) is 19.0 Å². The van der Waals surface area contributed by atoms with Crippen LogP contribution in [0.3, 0.4) is 0 Å². The number of nitrogens with zero attached hydrogens (tertiary/aromatic N) is 1. The Balaban J connectivity index is 1.93. The summed E-state index contributed by atoms with van der Waals surface area (Å²) in [7, 11) is 1.53. The third kappa shape index (κ3) is 4.30. The Labute approximate surface area is 213 Å². The van der Waals surface area contributed by atoms with Crippen molar-refractivity contribution in [1.29, 1.82) is 0 Å². The average molecular weight is 511 g/mol. The van der Waals surface area contributed by atoms with Gasteiger partial charge in [0.1, 0.15) is 11.9 Å². The predicted molar refractivity (Wildman–Crippen MR) is 133 cm³/mol. The molecule has 11 heteroatoms. The molecular weight excluding hydrogens is 480 g/mol. The van der Waals surface area contributed by atoms with Crippen molar-refractivity contribution in [1.82, 2.24) is 15.5 Å². The Morgan fingerprint density at radius 1 is 1.24 bits per heavy atom. The van der Waals surface area contributed by atoms with Crippen molar-refractivity contribution in [2.45, 2.75) is 37.4 Å². The molecule has 2 aliphatic rings. The Morgan fingerprint density at radius 3 is 2.68 bits per heavy atom. The predicted octanol–water partition coefficient (Wildman–Crippen LogP) is 1.55. The number of hydrogen-bond donors (Lipinski definition) is 5. The van der Waals surface area contributed by atoms with E-state index in [2.05, 4.69) is 16.1 Å². The number of nitrogens with one attached hydrogen (secondary N) is 3. The van der Waals surface area contributed by atoms with Gasteiger partial charge in [-0.25, -0.2) is 4.79 Å². The van der Waals surface area contributed by atoms with Gasteiger partial charge in [-0.05, 0) is 53.8 Å². The molecule has 0 bridgehead atoms. The van der Waals surface area contributed by atoms with Crippen molar-refractivity contribution < 1.29 is 34.2 Å². The molecule has 2 aromatic carbocycles. The van der Waals surface area contributed by atoms with Crippen LogP contribution in [-0.2, 0) is 27.2 Å². The van der Waals surface area contributed by atoms with Gasteiger partial charge in [0.05, 0.1) is 18.7 Å². The Morgan fingerprint density at radius 2 is 2.03 bits per heavy atom. The number of ketones is 2. The molecule has 2 aromatic rings. The molecule has 4 rings (SSSR count). The molecule has 196 valence electrons. The van der Waals surface area contributed by atoms with Crippen molar-refractivity contribution >= 4 is 29.8 Å². The highest BCUT2D eigenvalue weighted by Gasteiger charge is 2.69. The fourth-order valence-corrected chi connectivity index (χ4v) is 5.73. The lowest BCUT2D eigenvalue weighted by atomic mass is 9.81. The van der Waals surface area contributed by atoms with Gasteiger partial charge in [-0.15, -0.1) is 0 Å². The van der Waals surface area contributed by atoms with Crippen LogP contribution in [0.25, 0.3) is 0 Å². The molecule has 1 spiro atoms. The third-order valence-electron chi connectivity index (χ3n) is 7.34. The van der Waals surface area contributed by atoms with Crippen LogP contribution in [0.5, 0.6) is 5.75 Å². The fourth-order valence-electron chi connectivity index (χ4n) is 5.73. The summed E-state index contributed by atoms with van der Waals surface area (Å²) in [4.78, 5) is 53.5. The zero-order valence-electron chi connectivity index (χ0n) is 20.6. The number of amides is 2. The monoisotopic (exact) mass is 510 g/mol. The van der Waals surface area contributed by atoms with Crippen LogP contribution >= 0.6 is 0 Å². The van der Waals surface area contributed by atoms with E-state index in [1.54, 1.807) is 36.4 Å². The number of ether oxygens (including phenoxy) is 1. The van der Waals surface area contributed by atoms with Gasteiger partial charge in [-0.3, -0.25) is 35.3 Å². The number of piperazine rings is 1. The maximum absolute atomic E-state index is 14.4. The molecule has 0 radical (unpaired) electrons. The first-order valence-corrected chi connectivity index (χ1v) is 12.0. The normalized spacial score (nSPS) is 25.3. The van der Waals surface area contributed by atoms with Gasteiger partial charge >= 0.3 is 6.09 Å². The van der Waals surface area contributed by atoms with Crippen molar-refractivity contribution in [3.8, 4) is 5.75 Å². The molecular formula is C26H30N4O7. The molecule has 37 heavy (non-hydrogen) atoms. The Hall–Kier alpha value is -3.96. The first-order chi connectivity index (χ1) is 17.8. The number of rotatable bonds is 8. The number of carbonyl (C=O) groups is 4. The first-order valence-electron chi connectivity index (χ1n) is 12.0. The average Bonchev–Trinajstić information content (AvgIpc) is 3.11. The van der Waals surface area contributed by atoms with E-state index in [9.17, 15) is 29.5 Å². The molecule has 1 saturated carbocycles. The molecule has 1 aliphatic heterocycles. The summed E-state index contributed by atoms with van der Waals surface area (Å²) in [5.74, 6) is -2.50. The summed E-state index contributed by atoms with van der Waals surface area (Å²) >= 11 is 0. The number of carboxylic acid groups (broad SMARTS) is 1. The second-order valence-electron chi connectivity index (χ2n) is 9.12. The number of carbonyl (C=O) groups excluding carboxylic acids is 3. The molecule has 0 aromatic heterocycles. The van der Waals surface area contributed by atoms with Gasteiger partial charge in [-0.2, -0.15) is 0 Å². The zero-order chi connectivity index (χ0) is 26.7. The molecule has 2 amide bonds. The summed E-state index contributed by atoms with van der Waals surface area (Å²) in [6.45, 7) is 1.94. The standard InChI is InChI=1S/C26H30N4O7/c1-3-16-13-17(29-36)7-8-19(16)21-20(12-15-5-4-6-18(11-15)37-2)22(32)26(23(21)33)24(28-14-31)27-9-10-30(26)25(34)35/h4-8,11,13-14,20-21,24,27,29,36H,3,9-10,12H2,1-2H3,(H,28,31)(H,34,35)/t20-,21-,24?,26+/m1/s1. The number of aryl methyl sites for hydroxylation is 1. The van der Waals surface area contributed by atoms with Crippen LogP contribution in [0.4, 0.5) is 10.5 Å². The summed E-state index contributed by atoms with van der Waals surface area (Å²) in [6.07, 6.45) is -1.64. The molecule has 4 atom stereocenters. The summed E-state index contributed by atoms with van der Waals surface area (Å²) in [5.41, 5.74) is 2.41. The minimum absolute atomic E-state index is 0.101. The van der Waals surface area contributed by atoms with Gasteiger partial charge in [0.25, 0.3) is 0 Å². The number of methoxy groups -OCH3 is 1. The molecule has 5 N–H and O–H groups in total. The van der Waals surface area contributed by atoms with E-state index in [0.29, 0.717) is 29.8 Å². The number of anilines is 1. The summed E-state index contributed by atoms with van der Waals surface area (Å²) < 4.78 is 5.32. The van der Waals surface area contributed by atoms with Gasteiger partial charge in [0.2, 0.25) is 6.41 Å². The Bertz CT molecular complexity index is 1220. The van der Waals surface area contributed by atoms with E-state index in [-0.39, 0.29) is 19.5 Å².